The van der Waals surface area contributed by atoms with Gasteiger partial charge >= 0.3 is 0 Å². The molecule has 0 saturated carbocycles. The van der Waals surface area contributed by atoms with E-state index >= 15 is 0 Å². The number of nitrogens with one attached hydrogen (secondary N) is 1. The maximum absolute atomic E-state index is 12.0. The topological polar surface area (TPSA) is 69.2 Å². The van der Waals surface area contributed by atoms with E-state index in [4.69, 9.17) is 16.7 Å². The van der Waals surface area contributed by atoms with Gasteiger partial charge in [-0.15, -0.1) is 0 Å². The first-order valence-corrected chi connectivity index (χ1v) is 7.03. The summed E-state index contributed by atoms with van der Waals surface area (Å²) in [6.07, 6.45) is 0.710. The number of aromatic amines is 1. The van der Waals surface area contributed by atoms with E-state index in [2.05, 4.69) is 14.9 Å². The number of hydrogen-bond donors (Lipinski definition) is 2. The van der Waals surface area contributed by atoms with E-state index in [1.807, 2.05) is 6.92 Å². The molecule has 0 saturated heterocycles. The molecule has 0 amide bonds. The van der Waals surface area contributed by atoms with Gasteiger partial charge in [0.2, 0.25) is 0 Å². The fraction of sp³-hybridized carbons (Fsp3) is 0.429. The number of H-pyrrole nitrogens is 1. The number of hydrogen-bond acceptors (Lipinski definition) is 4. The van der Waals surface area contributed by atoms with E-state index in [-0.39, 0.29) is 12.2 Å². The fourth-order valence-electron chi connectivity index (χ4n) is 2.09. The monoisotopic (exact) mass is 295 g/mol. The van der Waals surface area contributed by atoms with Crippen LogP contribution < -0.4 is 5.56 Å². The van der Waals surface area contributed by atoms with Crippen molar-refractivity contribution in [1.29, 1.82) is 0 Å². The normalized spacial score (nSPS) is 11.4. The highest BCUT2D eigenvalue weighted by atomic mass is 35.5. The van der Waals surface area contributed by atoms with Crippen molar-refractivity contribution in [1.82, 2.24) is 14.9 Å². The molecule has 5 nitrogen and oxygen atoms in total. The van der Waals surface area contributed by atoms with Crippen molar-refractivity contribution in [3.8, 4) is 0 Å². The molecule has 0 aliphatic carbocycles. The molecule has 0 bridgehead atoms. The number of aromatic nitrogens is 2. The largest absolute Gasteiger partial charge is 0.396 e. The van der Waals surface area contributed by atoms with Gasteiger partial charge in [0.05, 0.1) is 17.4 Å². The highest BCUT2D eigenvalue weighted by Gasteiger charge is 2.08. The Kier molecular flexibility index (Phi) is 5.11. The van der Waals surface area contributed by atoms with Crippen molar-refractivity contribution in [3.63, 3.8) is 0 Å². The molecule has 0 spiro atoms. The van der Waals surface area contributed by atoms with Gasteiger partial charge in [-0.2, -0.15) is 0 Å². The number of halogens is 1. The minimum atomic E-state index is -0.175. The summed E-state index contributed by atoms with van der Waals surface area (Å²) in [5.74, 6) is 0.629. The number of aliphatic hydroxyl groups excluding tert-OH is 1. The van der Waals surface area contributed by atoms with Crippen molar-refractivity contribution < 1.29 is 5.11 Å². The summed E-state index contributed by atoms with van der Waals surface area (Å²) in [6.45, 7) is 4.37. The maximum Gasteiger partial charge on any atom is 0.258 e. The first-order chi connectivity index (χ1) is 9.63. The molecule has 1 heterocycles. The number of rotatable bonds is 6. The minimum Gasteiger partial charge on any atom is -0.396 e. The summed E-state index contributed by atoms with van der Waals surface area (Å²) in [5.41, 5.74) is 0.470. The summed E-state index contributed by atoms with van der Waals surface area (Å²) in [7, 11) is 0. The molecular weight excluding hydrogens is 278 g/mol. The zero-order chi connectivity index (χ0) is 14.5. The fourth-order valence-corrected chi connectivity index (χ4v) is 2.26. The van der Waals surface area contributed by atoms with E-state index in [0.717, 1.165) is 13.1 Å². The molecule has 2 aromatic rings. The first kappa shape index (κ1) is 15.0. The van der Waals surface area contributed by atoms with Crippen molar-refractivity contribution in [2.45, 2.75) is 19.9 Å². The molecule has 6 heteroatoms. The Bertz CT molecular complexity index is 642. The molecule has 2 rings (SSSR count). The molecule has 108 valence electrons. The van der Waals surface area contributed by atoms with E-state index in [0.29, 0.717) is 34.7 Å². The van der Waals surface area contributed by atoms with Crippen LogP contribution in [0, 0.1) is 0 Å². The van der Waals surface area contributed by atoms with E-state index in [9.17, 15) is 4.79 Å². The standard InChI is InChI=1S/C14H18ClN3O2/c1-2-18(6-3-7-19)9-13-16-12-5-4-10(15)8-11(12)14(20)17-13/h4-5,8,19H,2-3,6-7,9H2,1H3,(H,16,17,20). The lowest BCUT2D eigenvalue weighted by Crippen LogP contribution is -2.27. The SMILES string of the molecule is CCN(CCCO)Cc1nc2ccc(Cl)cc2c(=O)[nH]1. The van der Waals surface area contributed by atoms with Crippen LogP contribution in [0.4, 0.5) is 0 Å². The molecule has 0 atom stereocenters. The van der Waals surface area contributed by atoms with Crippen LogP contribution in [0.3, 0.4) is 0 Å². The predicted molar refractivity (Wildman–Crippen MR) is 80.0 cm³/mol. The van der Waals surface area contributed by atoms with Crippen LogP contribution in [-0.2, 0) is 6.54 Å². The van der Waals surface area contributed by atoms with Crippen LogP contribution in [0.15, 0.2) is 23.0 Å². The quantitative estimate of drug-likeness (QED) is 0.852. The summed E-state index contributed by atoms with van der Waals surface area (Å²) in [6, 6.07) is 5.10. The molecule has 20 heavy (non-hydrogen) atoms. The lowest BCUT2D eigenvalue weighted by atomic mass is 10.2. The second-order valence-corrected chi connectivity index (χ2v) is 5.06. The molecule has 0 radical (unpaired) electrons. The highest BCUT2D eigenvalue weighted by Crippen LogP contribution is 2.14. The summed E-state index contributed by atoms with van der Waals surface area (Å²) in [5, 5.41) is 9.90. The number of aliphatic hydroxyl groups is 1. The van der Waals surface area contributed by atoms with Crippen LogP contribution in [0.5, 0.6) is 0 Å². The van der Waals surface area contributed by atoms with Gasteiger partial charge in [-0.1, -0.05) is 18.5 Å². The highest BCUT2D eigenvalue weighted by molar-refractivity contribution is 6.31. The van der Waals surface area contributed by atoms with E-state index in [1.54, 1.807) is 18.2 Å². The zero-order valence-electron chi connectivity index (χ0n) is 11.4. The lowest BCUT2D eigenvalue weighted by molar-refractivity contribution is 0.222. The molecular formula is C14H18ClN3O2. The van der Waals surface area contributed by atoms with Crippen LogP contribution in [-0.4, -0.2) is 39.7 Å². The van der Waals surface area contributed by atoms with Gasteiger partial charge in [0.1, 0.15) is 5.82 Å². The van der Waals surface area contributed by atoms with Crippen LogP contribution >= 0.6 is 11.6 Å². The third-order valence-corrected chi connectivity index (χ3v) is 3.40. The number of fused-ring (bicyclic) bond motifs is 1. The predicted octanol–water partition coefficient (Wildman–Crippen LogP) is 1.78. The number of nitrogens with zero attached hydrogens (tertiary/aromatic N) is 2. The average Bonchev–Trinajstić information content (AvgIpc) is 2.44. The third kappa shape index (κ3) is 3.56. The Morgan fingerprint density at radius 1 is 1.45 bits per heavy atom. The van der Waals surface area contributed by atoms with Gasteiger partial charge in [-0.05, 0) is 31.2 Å². The first-order valence-electron chi connectivity index (χ1n) is 6.65. The van der Waals surface area contributed by atoms with E-state index < -0.39 is 0 Å². The average molecular weight is 296 g/mol. The summed E-state index contributed by atoms with van der Waals surface area (Å²) >= 11 is 5.88. The van der Waals surface area contributed by atoms with Crippen LogP contribution in [0.2, 0.25) is 5.02 Å². The van der Waals surface area contributed by atoms with Gasteiger partial charge in [0.15, 0.2) is 0 Å². The van der Waals surface area contributed by atoms with E-state index in [1.165, 1.54) is 0 Å². The van der Waals surface area contributed by atoms with Gasteiger partial charge < -0.3 is 10.1 Å². The van der Waals surface area contributed by atoms with Crippen molar-refractivity contribution in [3.05, 3.63) is 39.4 Å². The molecule has 0 fully saturated rings. The van der Waals surface area contributed by atoms with Crippen molar-refractivity contribution in [2.24, 2.45) is 0 Å². The second-order valence-electron chi connectivity index (χ2n) is 4.62. The molecule has 1 aromatic carbocycles. The smallest absolute Gasteiger partial charge is 0.258 e. The molecule has 0 aliphatic heterocycles. The van der Waals surface area contributed by atoms with Crippen LogP contribution in [0.1, 0.15) is 19.2 Å². The Balaban J connectivity index is 2.27. The zero-order valence-corrected chi connectivity index (χ0v) is 12.2. The summed E-state index contributed by atoms with van der Waals surface area (Å²) < 4.78 is 0. The van der Waals surface area contributed by atoms with Crippen molar-refractivity contribution >= 4 is 22.5 Å². The lowest BCUT2D eigenvalue weighted by Gasteiger charge is -2.19. The molecule has 0 unspecified atom stereocenters. The Morgan fingerprint density at radius 3 is 2.95 bits per heavy atom. The van der Waals surface area contributed by atoms with Gasteiger partial charge in [0.25, 0.3) is 5.56 Å². The summed E-state index contributed by atoms with van der Waals surface area (Å²) in [4.78, 5) is 21.4. The molecule has 1 aromatic heterocycles. The Hall–Kier alpha value is -1.43. The second kappa shape index (κ2) is 6.83. The Morgan fingerprint density at radius 2 is 2.25 bits per heavy atom. The molecule has 2 N–H and O–H groups in total. The third-order valence-electron chi connectivity index (χ3n) is 3.17. The van der Waals surface area contributed by atoms with Gasteiger partial charge in [-0.3, -0.25) is 9.69 Å². The van der Waals surface area contributed by atoms with Crippen molar-refractivity contribution in [2.75, 3.05) is 19.7 Å². The maximum atomic E-state index is 12.0. The number of benzene rings is 1. The van der Waals surface area contributed by atoms with Crippen LogP contribution in [0.25, 0.3) is 10.9 Å². The Labute approximate surface area is 122 Å². The molecule has 0 aliphatic rings. The van der Waals surface area contributed by atoms with Gasteiger partial charge in [-0.25, -0.2) is 4.98 Å². The minimum absolute atomic E-state index is 0.163. The van der Waals surface area contributed by atoms with Gasteiger partial charge in [0, 0.05) is 18.2 Å².